The minimum Gasteiger partial charge on any atom is -0.372 e. The molecule has 2 unspecified atom stereocenters. The van der Waals surface area contributed by atoms with Gasteiger partial charge in [0.15, 0.2) is 0 Å². The van der Waals surface area contributed by atoms with E-state index in [1.54, 1.807) is 0 Å². The summed E-state index contributed by atoms with van der Waals surface area (Å²) in [6, 6.07) is 20.6. The molecule has 2 aromatic carbocycles. The summed E-state index contributed by atoms with van der Waals surface area (Å²) in [5, 5.41) is 3.71. The molecule has 2 nitrogen and oxygen atoms in total. The lowest BCUT2D eigenvalue weighted by Crippen LogP contribution is -2.22. The lowest BCUT2D eigenvalue weighted by Gasteiger charge is -2.23. The number of anilines is 1. The molecule has 0 bridgehead atoms. The van der Waals surface area contributed by atoms with Crippen molar-refractivity contribution in [2.45, 2.75) is 32.7 Å². The zero-order chi connectivity index (χ0) is 16.1. The molecule has 0 amide bonds. The molecule has 0 spiro atoms. The predicted octanol–water partition coefficient (Wildman–Crippen LogP) is 4.43. The minimum atomic E-state index is 0.487. The van der Waals surface area contributed by atoms with Crippen molar-refractivity contribution in [3.63, 3.8) is 0 Å². The molecule has 1 aliphatic heterocycles. The lowest BCUT2D eigenvalue weighted by atomic mass is 9.88. The van der Waals surface area contributed by atoms with Gasteiger partial charge in [-0.05, 0) is 62.4 Å². The first-order chi connectivity index (χ1) is 11.3. The summed E-state index contributed by atoms with van der Waals surface area (Å²) < 4.78 is 0. The van der Waals surface area contributed by atoms with E-state index in [0.717, 1.165) is 26.1 Å². The van der Waals surface area contributed by atoms with Crippen LogP contribution >= 0.6 is 0 Å². The van der Waals surface area contributed by atoms with E-state index < -0.39 is 0 Å². The highest BCUT2D eigenvalue weighted by molar-refractivity contribution is 5.48. The summed E-state index contributed by atoms with van der Waals surface area (Å²) in [7, 11) is 0. The van der Waals surface area contributed by atoms with Gasteiger partial charge in [-0.1, -0.05) is 42.5 Å². The Labute approximate surface area is 140 Å². The fourth-order valence-corrected chi connectivity index (χ4v) is 3.77. The third kappa shape index (κ3) is 3.76. The summed E-state index contributed by atoms with van der Waals surface area (Å²) in [4.78, 5) is 2.40. The van der Waals surface area contributed by atoms with Crippen LogP contribution in [0.1, 0.15) is 37.4 Å². The summed E-state index contributed by atoms with van der Waals surface area (Å²) in [5.74, 6) is 0.691. The van der Waals surface area contributed by atoms with Crippen LogP contribution in [0.4, 0.5) is 5.69 Å². The highest BCUT2D eigenvalue weighted by Gasteiger charge is 2.28. The van der Waals surface area contributed by atoms with Crippen molar-refractivity contribution in [3.05, 3.63) is 65.7 Å². The monoisotopic (exact) mass is 308 g/mol. The zero-order valence-corrected chi connectivity index (χ0v) is 14.3. The van der Waals surface area contributed by atoms with Crippen LogP contribution in [0.3, 0.4) is 0 Å². The SMILES string of the molecule is CCN(CC)c1ccc(C2NCCC2Cc2ccccc2)cc1. The zero-order valence-electron chi connectivity index (χ0n) is 14.3. The van der Waals surface area contributed by atoms with Crippen LogP contribution in [0.5, 0.6) is 0 Å². The van der Waals surface area contributed by atoms with Gasteiger partial charge >= 0.3 is 0 Å². The molecule has 0 aromatic heterocycles. The van der Waals surface area contributed by atoms with Crippen LogP contribution in [-0.2, 0) is 6.42 Å². The number of rotatable bonds is 6. The second kappa shape index (κ2) is 7.65. The molecular weight excluding hydrogens is 280 g/mol. The first-order valence-electron chi connectivity index (χ1n) is 8.94. The maximum atomic E-state index is 3.71. The molecule has 1 aliphatic rings. The van der Waals surface area contributed by atoms with E-state index in [-0.39, 0.29) is 0 Å². The van der Waals surface area contributed by atoms with Crippen molar-refractivity contribution in [3.8, 4) is 0 Å². The maximum absolute atomic E-state index is 3.71. The normalized spacial score (nSPS) is 20.6. The van der Waals surface area contributed by atoms with Crippen LogP contribution in [0.15, 0.2) is 54.6 Å². The molecule has 2 aromatic rings. The van der Waals surface area contributed by atoms with E-state index in [1.165, 1.54) is 23.2 Å². The molecule has 3 rings (SSSR count). The quantitative estimate of drug-likeness (QED) is 0.849. The summed E-state index contributed by atoms with van der Waals surface area (Å²) in [6.07, 6.45) is 2.42. The summed E-state index contributed by atoms with van der Waals surface area (Å²) in [6.45, 7) is 7.68. The van der Waals surface area contributed by atoms with Gasteiger partial charge in [0.1, 0.15) is 0 Å². The van der Waals surface area contributed by atoms with Crippen LogP contribution in [0, 0.1) is 5.92 Å². The minimum absolute atomic E-state index is 0.487. The summed E-state index contributed by atoms with van der Waals surface area (Å²) >= 11 is 0. The molecule has 0 radical (unpaired) electrons. The molecule has 122 valence electrons. The Morgan fingerprint density at radius 2 is 1.65 bits per heavy atom. The van der Waals surface area contributed by atoms with Gasteiger partial charge in [0.05, 0.1) is 0 Å². The van der Waals surface area contributed by atoms with Gasteiger partial charge < -0.3 is 10.2 Å². The Hall–Kier alpha value is -1.80. The van der Waals surface area contributed by atoms with Gasteiger partial charge in [-0.15, -0.1) is 0 Å². The van der Waals surface area contributed by atoms with Gasteiger partial charge in [-0.25, -0.2) is 0 Å². The lowest BCUT2D eigenvalue weighted by molar-refractivity contribution is 0.460. The van der Waals surface area contributed by atoms with Crippen LogP contribution in [-0.4, -0.2) is 19.6 Å². The van der Waals surface area contributed by atoms with Crippen LogP contribution < -0.4 is 10.2 Å². The smallest absolute Gasteiger partial charge is 0.0366 e. The Kier molecular flexibility index (Phi) is 5.35. The molecular formula is C21H28N2. The van der Waals surface area contributed by atoms with Crippen LogP contribution in [0.25, 0.3) is 0 Å². The van der Waals surface area contributed by atoms with Crippen molar-refractivity contribution in [1.82, 2.24) is 5.32 Å². The van der Waals surface area contributed by atoms with Crippen LogP contribution in [0.2, 0.25) is 0 Å². The highest BCUT2D eigenvalue weighted by atomic mass is 15.1. The van der Waals surface area contributed by atoms with E-state index in [9.17, 15) is 0 Å². The molecule has 2 heteroatoms. The first-order valence-corrected chi connectivity index (χ1v) is 8.94. The van der Waals surface area contributed by atoms with Crippen molar-refractivity contribution in [2.24, 2.45) is 5.92 Å². The maximum Gasteiger partial charge on any atom is 0.0366 e. The number of hydrogen-bond acceptors (Lipinski definition) is 2. The number of nitrogens with zero attached hydrogens (tertiary/aromatic N) is 1. The van der Waals surface area contributed by atoms with E-state index in [1.807, 2.05) is 0 Å². The Morgan fingerprint density at radius 1 is 0.957 bits per heavy atom. The third-order valence-electron chi connectivity index (χ3n) is 5.07. The fraction of sp³-hybridized carbons (Fsp3) is 0.429. The molecule has 0 aliphatic carbocycles. The van der Waals surface area contributed by atoms with Crippen molar-refractivity contribution >= 4 is 5.69 Å². The average molecular weight is 308 g/mol. The van der Waals surface area contributed by atoms with Crippen molar-refractivity contribution < 1.29 is 0 Å². The van der Waals surface area contributed by atoms with E-state index in [0.29, 0.717) is 12.0 Å². The number of benzene rings is 2. The molecule has 1 N–H and O–H groups in total. The molecule has 0 saturated carbocycles. The van der Waals surface area contributed by atoms with Crippen molar-refractivity contribution in [1.29, 1.82) is 0 Å². The standard InChI is InChI=1S/C21H28N2/c1-3-23(4-2)20-12-10-18(11-13-20)21-19(14-15-22-21)16-17-8-6-5-7-9-17/h5-13,19,21-22H,3-4,14-16H2,1-2H3. The number of nitrogens with one attached hydrogen (secondary N) is 1. The molecule has 23 heavy (non-hydrogen) atoms. The third-order valence-corrected chi connectivity index (χ3v) is 5.07. The van der Waals surface area contributed by atoms with Gasteiger partial charge in [-0.2, -0.15) is 0 Å². The molecule has 2 atom stereocenters. The first kappa shape index (κ1) is 16.1. The predicted molar refractivity (Wildman–Crippen MR) is 99.0 cm³/mol. The van der Waals surface area contributed by atoms with Crippen molar-refractivity contribution in [2.75, 3.05) is 24.5 Å². The highest BCUT2D eigenvalue weighted by Crippen LogP contribution is 2.33. The van der Waals surface area contributed by atoms with E-state index in [4.69, 9.17) is 0 Å². The molecule has 1 saturated heterocycles. The Bertz CT molecular complexity index is 587. The Balaban J connectivity index is 1.72. The molecule has 1 heterocycles. The van der Waals surface area contributed by atoms with Gasteiger partial charge in [0.25, 0.3) is 0 Å². The van der Waals surface area contributed by atoms with Gasteiger partial charge in [-0.3, -0.25) is 0 Å². The topological polar surface area (TPSA) is 15.3 Å². The van der Waals surface area contributed by atoms with Gasteiger partial charge in [0.2, 0.25) is 0 Å². The second-order valence-corrected chi connectivity index (χ2v) is 6.43. The Morgan fingerprint density at radius 3 is 2.30 bits per heavy atom. The fourth-order valence-electron chi connectivity index (χ4n) is 3.77. The largest absolute Gasteiger partial charge is 0.372 e. The summed E-state index contributed by atoms with van der Waals surface area (Å²) in [5.41, 5.74) is 4.21. The van der Waals surface area contributed by atoms with Gasteiger partial charge in [0, 0.05) is 24.8 Å². The number of hydrogen-bond donors (Lipinski definition) is 1. The second-order valence-electron chi connectivity index (χ2n) is 6.43. The molecule has 1 fully saturated rings. The van der Waals surface area contributed by atoms with E-state index in [2.05, 4.69) is 78.7 Å². The van der Waals surface area contributed by atoms with E-state index >= 15 is 0 Å². The average Bonchev–Trinajstić information content (AvgIpc) is 3.06.